The van der Waals surface area contributed by atoms with Gasteiger partial charge in [-0.1, -0.05) is 30.3 Å². The minimum absolute atomic E-state index is 0.438. The van der Waals surface area contributed by atoms with Gasteiger partial charge in [-0.15, -0.1) is 0 Å². The third kappa shape index (κ3) is 2.01. The number of nitrogens with two attached hydrogens (primary N) is 1. The zero-order valence-corrected chi connectivity index (χ0v) is 12.2. The van der Waals surface area contributed by atoms with Crippen molar-refractivity contribution in [1.29, 1.82) is 0 Å². The van der Waals surface area contributed by atoms with Gasteiger partial charge in [0.1, 0.15) is 0 Å². The number of hydrazine groups is 1. The van der Waals surface area contributed by atoms with E-state index >= 15 is 0 Å². The maximum absolute atomic E-state index is 6.09. The molecule has 6 heteroatoms. The highest BCUT2D eigenvalue weighted by Gasteiger charge is 2.16. The Hall–Kier alpha value is -2.86. The van der Waals surface area contributed by atoms with Gasteiger partial charge in [0.05, 0.1) is 17.6 Å². The number of nitrogens with one attached hydrogen (secondary N) is 1. The van der Waals surface area contributed by atoms with E-state index in [1.54, 1.807) is 0 Å². The van der Waals surface area contributed by atoms with Crippen molar-refractivity contribution in [1.82, 2.24) is 24.8 Å². The van der Waals surface area contributed by atoms with E-state index in [-0.39, 0.29) is 0 Å². The second kappa shape index (κ2) is 4.85. The number of hydrogen-bond acceptors (Lipinski definition) is 5. The van der Waals surface area contributed by atoms with Gasteiger partial charge in [0.2, 0.25) is 0 Å². The summed E-state index contributed by atoms with van der Waals surface area (Å²) >= 11 is 0. The maximum atomic E-state index is 6.09. The molecule has 3 aromatic rings. The summed E-state index contributed by atoms with van der Waals surface area (Å²) in [5, 5.41) is 1.94. The minimum Gasteiger partial charge on any atom is -0.381 e. The van der Waals surface area contributed by atoms with Crippen molar-refractivity contribution in [2.45, 2.75) is 0 Å². The molecule has 1 aliphatic heterocycles. The van der Waals surface area contributed by atoms with Crippen LogP contribution in [0.3, 0.4) is 0 Å². The Labute approximate surface area is 127 Å². The van der Waals surface area contributed by atoms with Crippen LogP contribution in [0.2, 0.25) is 0 Å². The molecule has 2 aromatic heterocycles. The van der Waals surface area contributed by atoms with Gasteiger partial charge in [-0.2, -0.15) is 0 Å². The van der Waals surface area contributed by atoms with E-state index < -0.39 is 0 Å². The number of aromatic nitrogens is 3. The lowest BCUT2D eigenvalue weighted by atomic mass is 10.1. The van der Waals surface area contributed by atoms with Crippen LogP contribution in [-0.4, -0.2) is 33.0 Å². The van der Waals surface area contributed by atoms with Crippen LogP contribution in [0.1, 0.15) is 5.69 Å². The van der Waals surface area contributed by atoms with Crippen molar-refractivity contribution in [3.05, 3.63) is 54.6 Å². The lowest BCUT2D eigenvalue weighted by Crippen LogP contribution is -2.23. The number of nitrogens with zero attached hydrogens (tertiary/aromatic N) is 4. The fourth-order valence-corrected chi connectivity index (χ4v) is 2.69. The molecule has 110 valence electrons. The molecule has 6 nitrogen and oxygen atoms in total. The third-order valence-electron chi connectivity index (χ3n) is 3.79. The van der Waals surface area contributed by atoms with Gasteiger partial charge in [-0.05, 0) is 0 Å². The average Bonchev–Trinajstić information content (AvgIpc) is 3.14. The van der Waals surface area contributed by atoms with Crippen LogP contribution >= 0.6 is 0 Å². The van der Waals surface area contributed by atoms with Crippen molar-refractivity contribution in [2.75, 3.05) is 19.3 Å². The van der Waals surface area contributed by atoms with E-state index in [0.717, 1.165) is 23.5 Å². The number of anilines is 1. The van der Waals surface area contributed by atoms with Gasteiger partial charge in [-0.3, -0.25) is 4.40 Å². The molecule has 0 unspecified atom stereocenters. The van der Waals surface area contributed by atoms with Crippen LogP contribution in [0, 0.1) is 0 Å². The van der Waals surface area contributed by atoms with Crippen molar-refractivity contribution in [3.8, 4) is 11.3 Å². The van der Waals surface area contributed by atoms with Gasteiger partial charge in [0.25, 0.3) is 0 Å². The molecule has 1 aliphatic rings. The van der Waals surface area contributed by atoms with E-state index in [4.69, 9.17) is 5.73 Å². The van der Waals surface area contributed by atoms with E-state index in [0.29, 0.717) is 11.5 Å². The van der Waals surface area contributed by atoms with Crippen molar-refractivity contribution in [3.63, 3.8) is 0 Å². The molecule has 4 rings (SSSR count). The van der Waals surface area contributed by atoms with Crippen LogP contribution in [0.5, 0.6) is 0 Å². The van der Waals surface area contributed by atoms with Crippen LogP contribution in [0.4, 0.5) is 5.82 Å². The number of fused-ring (bicyclic) bond motifs is 1. The summed E-state index contributed by atoms with van der Waals surface area (Å²) in [4.78, 5) is 8.89. The SMILES string of the molecule is CN1C=C(c2cnc3c(N)nc(-c4ccccc4)cn23)CN1. The molecule has 3 N–H and O–H groups in total. The number of imidazole rings is 1. The second-order valence-corrected chi connectivity index (χ2v) is 5.31. The fraction of sp³-hybridized carbons (Fsp3) is 0.125. The summed E-state index contributed by atoms with van der Waals surface area (Å²) in [6.45, 7) is 0.771. The quantitative estimate of drug-likeness (QED) is 0.753. The van der Waals surface area contributed by atoms with Crippen molar-refractivity contribution in [2.24, 2.45) is 0 Å². The highest BCUT2D eigenvalue weighted by atomic mass is 15.5. The molecule has 0 fully saturated rings. The Balaban J connectivity index is 1.91. The standard InChI is InChI=1S/C16H16N6/c1-21-9-12(7-19-21)14-8-18-16-15(17)20-13(10-22(14)16)11-5-3-2-4-6-11/h2-6,8-10,19H,7H2,1H3,(H2,17,20). The van der Waals surface area contributed by atoms with Gasteiger partial charge >= 0.3 is 0 Å². The molecule has 0 amide bonds. The van der Waals surface area contributed by atoms with Gasteiger partial charge in [-0.25, -0.2) is 15.4 Å². The van der Waals surface area contributed by atoms with E-state index in [2.05, 4.69) is 21.6 Å². The maximum Gasteiger partial charge on any atom is 0.180 e. The van der Waals surface area contributed by atoms with Gasteiger partial charge < -0.3 is 10.7 Å². The highest BCUT2D eigenvalue weighted by Crippen LogP contribution is 2.25. The molecular weight excluding hydrogens is 276 g/mol. The Morgan fingerprint density at radius 2 is 2.05 bits per heavy atom. The largest absolute Gasteiger partial charge is 0.381 e. The summed E-state index contributed by atoms with van der Waals surface area (Å²) in [6.07, 6.45) is 5.89. The van der Waals surface area contributed by atoms with Crippen LogP contribution in [0.15, 0.2) is 48.9 Å². The molecular formula is C16H16N6. The van der Waals surface area contributed by atoms with E-state index in [1.807, 2.05) is 59.2 Å². The number of rotatable bonds is 2. The number of hydrogen-bond donors (Lipinski definition) is 2. The molecule has 0 saturated carbocycles. The topological polar surface area (TPSA) is 71.5 Å². The monoisotopic (exact) mass is 292 g/mol. The lowest BCUT2D eigenvalue weighted by molar-refractivity contribution is 0.374. The zero-order valence-electron chi connectivity index (χ0n) is 12.2. The summed E-state index contributed by atoms with van der Waals surface area (Å²) in [6, 6.07) is 10.0. The van der Waals surface area contributed by atoms with Gasteiger partial charge in [0, 0.05) is 37.1 Å². The molecule has 0 aliphatic carbocycles. The first-order chi connectivity index (χ1) is 10.7. The lowest BCUT2D eigenvalue weighted by Gasteiger charge is -2.07. The summed E-state index contributed by atoms with van der Waals surface area (Å²) in [5.41, 5.74) is 14.1. The van der Waals surface area contributed by atoms with Crippen LogP contribution in [0.25, 0.3) is 22.5 Å². The van der Waals surface area contributed by atoms with Crippen LogP contribution in [-0.2, 0) is 0 Å². The predicted octanol–water partition coefficient (Wildman–Crippen LogP) is 1.77. The first-order valence-electron chi connectivity index (χ1n) is 7.09. The van der Waals surface area contributed by atoms with Crippen LogP contribution < -0.4 is 11.2 Å². The number of benzene rings is 1. The van der Waals surface area contributed by atoms with Gasteiger partial charge in [0.15, 0.2) is 11.5 Å². The Bertz CT molecular complexity index is 865. The summed E-state index contributed by atoms with van der Waals surface area (Å²) in [7, 11) is 1.97. The minimum atomic E-state index is 0.438. The van der Waals surface area contributed by atoms with E-state index in [1.165, 1.54) is 5.57 Å². The molecule has 3 heterocycles. The first kappa shape index (κ1) is 12.8. The second-order valence-electron chi connectivity index (χ2n) is 5.31. The highest BCUT2D eigenvalue weighted by molar-refractivity contribution is 5.73. The first-order valence-corrected chi connectivity index (χ1v) is 7.09. The Morgan fingerprint density at radius 3 is 2.77 bits per heavy atom. The average molecular weight is 292 g/mol. The molecule has 0 saturated heterocycles. The molecule has 0 atom stereocenters. The molecule has 1 aromatic carbocycles. The normalized spacial score (nSPS) is 14.6. The summed E-state index contributed by atoms with van der Waals surface area (Å²) in [5.74, 6) is 0.438. The molecule has 22 heavy (non-hydrogen) atoms. The molecule has 0 radical (unpaired) electrons. The Morgan fingerprint density at radius 1 is 1.23 bits per heavy atom. The molecule has 0 spiro atoms. The van der Waals surface area contributed by atoms with Crippen molar-refractivity contribution >= 4 is 17.0 Å². The smallest absolute Gasteiger partial charge is 0.180 e. The third-order valence-corrected chi connectivity index (χ3v) is 3.79. The van der Waals surface area contributed by atoms with Crippen molar-refractivity contribution < 1.29 is 0 Å². The predicted molar refractivity (Wildman–Crippen MR) is 86.6 cm³/mol. The molecule has 0 bridgehead atoms. The van der Waals surface area contributed by atoms with E-state index in [9.17, 15) is 0 Å². The Kier molecular flexibility index (Phi) is 2.83. The number of nitrogen functional groups attached to an aromatic ring is 1. The zero-order chi connectivity index (χ0) is 15.1. The fourth-order valence-electron chi connectivity index (χ4n) is 2.69. The summed E-state index contributed by atoms with van der Waals surface area (Å²) < 4.78 is 2.01.